The van der Waals surface area contributed by atoms with Crippen LogP contribution >= 0.6 is 27.3 Å². The van der Waals surface area contributed by atoms with Gasteiger partial charge in [0, 0.05) is 39.2 Å². The minimum Gasteiger partial charge on any atom is -0.347 e. The smallest absolute Gasteiger partial charge is 0.271 e. The van der Waals surface area contributed by atoms with E-state index in [0.29, 0.717) is 4.53 Å². The quantitative estimate of drug-likeness (QED) is 0.262. The van der Waals surface area contributed by atoms with Crippen molar-refractivity contribution < 1.29 is 0 Å². The normalized spacial score (nSPS) is 16.9. The third-order valence-corrected chi connectivity index (χ3v) is 9.02. The summed E-state index contributed by atoms with van der Waals surface area (Å²) in [6.07, 6.45) is 6.05. The van der Waals surface area contributed by atoms with Crippen molar-refractivity contribution in [3.63, 3.8) is 0 Å². The molecule has 1 aliphatic heterocycles. The molecule has 0 saturated carbocycles. The summed E-state index contributed by atoms with van der Waals surface area (Å²) in [5.74, 6) is 0. The van der Waals surface area contributed by atoms with Gasteiger partial charge in [-0.15, -0.1) is 0 Å². The van der Waals surface area contributed by atoms with Crippen LogP contribution in [0.2, 0.25) is 0 Å². The number of hydrogen-bond acceptors (Lipinski definition) is 3. The van der Waals surface area contributed by atoms with Gasteiger partial charge in [-0.25, -0.2) is 4.99 Å². The molecule has 6 heteroatoms. The maximum atomic E-state index is 14.0. The lowest BCUT2D eigenvalue weighted by molar-refractivity contribution is 0.585. The van der Waals surface area contributed by atoms with Crippen molar-refractivity contribution in [2.45, 2.75) is 32.4 Å². The molecular formula is C31H24BrN3OS. The number of thiazole rings is 1. The van der Waals surface area contributed by atoms with E-state index in [2.05, 4.69) is 106 Å². The van der Waals surface area contributed by atoms with Gasteiger partial charge in [-0.05, 0) is 60.7 Å². The number of aryl methyl sites for hydroxylation is 2. The summed E-state index contributed by atoms with van der Waals surface area (Å²) in [7, 11) is 0. The van der Waals surface area contributed by atoms with E-state index in [1.54, 1.807) is 0 Å². The molecule has 0 saturated heterocycles. The Morgan fingerprint density at radius 2 is 1.81 bits per heavy atom. The highest BCUT2D eigenvalue weighted by molar-refractivity contribution is 9.10. The molecule has 3 heterocycles. The largest absolute Gasteiger partial charge is 0.347 e. The van der Waals surface area contributed by atoms with Crippen molar-refractivity contribution in [2.24, 2.45) is 4.99 Å². The van der Waals surface area contributed by atoms with E-state index in [0.717, 1.165) is 50.9 Å². The van der Waals surface area contributed by atoms with Gasteiger partial charge in [0.25, 0.3) is 5.56 Å². The lowest BCUT2D eigenvalue weighted by atomic mass is 9.83. The fourth-order valence-electron chi connectivity index (χ4n) is 5.76. The summed E-state index contributed by atoms with van der Waals surface area (Å²) >= 11 is 5.06. The van der Waals surface area contributed by atoms with Gasteiger partial charge in [-0.3, -0.25) is 9.36 Å². The van der Waals surface area contributed by atoms with Crippen LogP contribution < -0.4 is 14.9 Å². The molecule has 2 aromatic heterocycles. The number of nitrogens with zero attached hydrogens (tertiary/aromatic N) is 3. The molecule has 182 valence electrons. The fourth-order valence-corrected chi connectivity index (χ4v) is 7.02. The van der Waals surface area contributed by atoms with E-state index in [1.165, 1.54) is 33.6 Å². The Labute approximate surface area is 226 Å². The van der Waals surface area contributed by atoms with E-state index >= 15 is 0 Å². The van der Waals surface area contributed by atoms with E-state index in [-0.39, 0.29) is 11.6 Å². The molecule has 0 amide bonds. The van der Waals surface area contributed by atoms with E-state index in [9.17, 15) is 4.79 Å². The second kappa shape index (κ2) is 8.82. The average molecular weight is 567 g/mol. The van der Waals surface area contributed by atoms with Crippen molar-refractivity contribution >= 4 is 49.9 Å². The summed E-state index contributed by atoms with van der Waals surface area (Å²) in [5, 5.41) is 1.16. The van der Waals surface area contributed by atoms with Crippen LogP contribution in [0.5, 0.6) is 0 Å². The Hall–Kier alpha value is -3.48. The first-order chi connectivity index (χ1) is 18.1. The maximum Gasteiger partial charge on any atom is 0.271 e. The van der Waals surface area contributed by atoms with Crippen LogP contribution in [0, 0.1) is 0 Å². The van der Waals surface area contributed by atoms with Crippen molar-refractivity contribution in [3.8, 4) is 0 Å². The topological polar surface area (TPSA) is 39.3 Å². The van der Waals surface area contributed by atoms with Crippen LogP contribution in [0.25, 0.3) is 22.7 Å². The predicted octanol–water partition coefficient (Wildman–Crippen LogP) is 6.06. The van der Waals surface area contributed by atoms with E-state index < -0.39 is 0 Å². The molecule has 0 spiro atoms. The number of benzene rings is 3. The maximum absolute atomic E-state index is 14.0. The number of rotatable bonds is 3. The summed E-state index contributed by atoms with van der Waals surface area (Å²) in [6, 6.07) is 25.1. The number of para-hydroxylation sites is 1. The second-order valence-electron chi connectivity index (χ2n) is 9.55. The lowest BCUT2D eigenvalue weighted by Crippen LogP contribution is -2.38. The molecule has 0 N–H and O–H groups in total. The monoisotopic (exact) mass is 565 g/mol. The Morgan fingerprint density at radius 3 is 2.65 bits per heavy atom. The molecule has 1 aliphatic carbocycles. The fraction of sp³-hybridized carbons (Fsp3) is 0.161. The number of allylic oxidation sites excluding steroid dienone is 1. The zero-order valence-electron chi connectivity index (χ0n) is 20.3. The summed E-state index contributed by atoms with van der Waals surface area (Å²) in [5.41, 5.74) is 8.16. The minimum absolute atomic E-state index is 0.0235. The molecule has 3 aromatic carbocycles. The first kappa shape index (κ1) is 22.7. The molecule has 1 unspecified atom stereocenters. The van der Waals surface area contributed by atoms with Gasteiger partial charge in [0.1, 0.15) is 0 Å². The zero-order valence-corrected chi connectivity index (χ0v) is 22.7. The number of aromatic nitrogens is 2. The lowest BCUT2D eigenvalue weighted by Gasteiger charge is -2.30. The van der Waals surface area contributed by atoms with Crippen molar-refractivity contribution in [1.29, 1.82) is 0 Å². The molecule has 0 fully saturated rings. The van der Waals surface area contributed by atoms with Crippen LogP contribution in [-0.2, 0) is 13.0 Å². The molecule has 0 bridgehead atoms. The number of fused-ring (bicyclic) bond motifs is 4. The average Bonchev–Trinajstić information content (AvgIpc) is 3.45. The Bertz CT molecular complexity index is 1910. The summed E-state index contributed by atoms with van der Waals surface area (Å²) < 4.78 is 5.90. The highest BCUT2D eigenvalue weighted by atomic mass is 79.9. The van der Waals surface area contributed by atoms with Crippen LogP contribution in [-0.4, -0.2) is 9.13 Å². The van der Waals surface area contributed by atoms with Gasteiger partial charge in [0.2, 0.25) is 0 Å². The molecule has 4 nitrogen and oxygen atoms in total. The van der Waals surface area contributed by atoms with Crippen LogP contribution in [0.1, 0.15) is 41.6 Å². The molecule has 0 radical (unpaired) electrons. The molecule has 1 atom stereocenters. The van der Waals surface area contributed by atoms with Gasteiger partial charge in [-0.2, -0.15) is 0 Å². The SMILES string of the molecule is CCn1cc(C=c2sc3n(c2=O)C(c2ccc(Br)cc2)C2=C(N=3)c3ccccc3CC2)c2ccccc21. The Morgan fingerprint density at radius 1 is 1.03 bits per heavy atom. The minimum atomic E-state index is -0.160. The van der Waals surface area contributed by atoms with Crippen LogP contribution in [0.4, 0.5) is 0 Å². The zero-order chi connectivity index (χ0) is 25.1. The van der Waals surface area contributed by atoms with Gasteiger partial charge in [0.05, 0.1) is 16.3 Å². The molecule has 5 aromatic rings. The molecule has 2 aliphatic rings. The van der Waals surface area contributed by atoms with Gasteiger partial charge in [0.15, 0.2) is 4.80 Å². The highest BCUT2D eigenvalue weighted by Gasteiger charge is 2.32. The molecule has 7 rings (SSSR count). The standard InChI is InChI=1S/C31H24BrN3OS/c1-2-34-18-21(23-8-5-6-10-26(23)34)17-27-30(36)35-29(20-11-14-22(32)15-12-20)25-16-13-19-7-3-4-9-24(19)28(25)33-31(35)37-27/h3-12,14-15,17-18,29H,2,13,16H2,1H3. The predicted molar refractivity (Wildman–Crippen MR) is 155 cm³/mol. The highest BCUT2D eigenvalue weighted by Crippen LogP contribution is 2.41. The van der Waals surface area contributed by atoms with Gasteiger partial charge >= 0.3 is 0 Å². The Balaban J connectivity index is 1.49. The third-order valence-electron chi connectivity index (χ3n) is 7.51. The van der Waals surface area contributed by atoms with E-state index in [1.807, 2.05) is 10.6 Å². The van der Waals surface area contributed by atoms with Crippen LogP contribution in [0.15, 0.2) is 98.8 Å². The third kappa shape index (κ3) is 3.62. The number of halogens is 1. The van der Waals surface area contributed by atoms with Gasteiger partial charge in [-0.1, -0.05) is 81.9 Å². The molecular weight excluding hydrogens is 542 g/mol. The summed E-state index contributed by atoms with van der Waals surface area (Å²) in [4.78, 5) is 19.9. The Kier molecular flexibility index (Phi) is 5.41. The molecule has 37 heavy (non-hydrogen) atoms. The van der Waals surface area contributed by atoms with Crippen molar-refractivity contribution in [2.75, 3.05) is 0 Å². The first-order valence-corrected chi connectivity index (χ1v) is 14.2. The first-order valence-electron chi connectivity index (χ1n) is 12.6. The number of hydrogen-bond donors (Lipinski definition) is 0. The van der Waals surface area contributed by atoms with Crippen molar-refractivity contribution in [3.05, 3.63) is 131 Å². The van der Waals surface area contributed by atoms with Crippen molar-refractivity contribution in [1.82, 2.24) is 9.13 Å². The van der Waals surface area contributed by atoms with Crippen LogP contribution in [0.3, 0.4) is 0 Å². The summed E-state index contributed by atoms with van der Waals surface area (Å²) in [6.45, 7) is 3.02. The van der Waals surface area contributed by atoms with Gasteiger partial charge < -0.3 is 4.57 Å². The second-order valence-corrected chi connectivity index (χ2v) is 11.5. The van der Waals surface area contributed by atoms with E-state index in [4.69, 9.17) is 4.99 Å².